The lowest BCUT2D eigenvalue weighted by Gasteiger charge is -2.25. The van der Waals surface area contributed by atoms with Crippen molar-refractivity contribution in [1.82, 2.24) is 0 Å². The predicted molar refractivity (Wildman–Crippen MR) is 95.6 cm³/mol. The van der Waals surface area contributed by atoms with Gasteiger partial charge in [-0.15, -0.1) is 0 Å². The first-order chi connectivity index (χ1) is 11.5. The van der Waals surface area contributed by atoms with Crippen molar-refractivity contribution < 1.29 is 24.9 Å². The third-order valence-corrected chi connectivity index (χ3v) is 4.32. The molecule has 0 aromatic heterocycles. The van der Waals surface area contributed by atoms with Crippen molar-refractivity contribution in [3.8, 4) is 16.9 Å². The largest absolute Gasteiger partial charge is 0.507 e. The van der Waals surface area contributed by atoms with Crippen LogP contribution in [0, 0.1) is 13.8 Å². The molecule has 0 bridgehead atoms. The molecule has 0 saturated carbocycles. The Morgan fingerprint density at radius 2 is 1.40 bits per heavy atom. The average molecular weight is 342 g/mol. The summed E-state index contributed by atoms with van der Waals surface area (Å²) in [5.41, 5.74) is 1.98. The van der Waals surface area contributed by atoms with E-state index in [0.29, 0.717) is 11.1 Å². The summed E-state index contributed by atoms with van der Waals surface area (Å²) in [5, 5.41) is 29.7. The Morgan fingerprint density at radius 3 is 1.80 bits per heavy atom. The lowest BCUT2D eigenvalue weighted by molar-refractivity contribution is 0.0696. The minimum atomic E-state index is -1.21. The first-order valence-corrected chi connectivity index (χ1v) is 7.90. The zero-order chi connectivity index (χ0) is 19.1. The number of carbonyl (C=O) groups is 2. The third-order valence-electron chi connectivity index (χ3n) is 4.32. The fraction of sp³-hybridized carbons (Fsp3) is 0.300. The quantitative estimate of drug-likeness (QED) is 0.770. The van der Waals surface area contributed by atoms with E-state index >= 15 is 0 Å². The minimum absolute atomic E-state index is 0.0598. The molecule has 2 rings (SSSR count). The molecule has 2 aromatic carbocycles. The molecule has 2 aromatic rings. The molecule has 0 fully saturated rings. The van der Waals surface area contributed by atoms with Crippen LogP contribution >= 0.6 is 0 Å². The van der Waals surface area contributed by atoms with E-state index in [9.17, 15) is 24.9 Å². The summed E-state index contributed by atoms with van der Waals surface area (Å²) in [6.07, 6.45) is 0. The molecule has 5 heteroatoms. The highest BCUT2D eigenvalue weighted by Crippen LogP contribution is 2.42. The van der Waals surface area contributed by atoms with Crippen LogP contribution in [0.1, 0.15) is 58.2 Å². The van der Waals surface area contributed by atoms with Gasteiger partial charge in [0.2, 0.25) is 0 Å². The normalized spacial score (nSPS) is 11.4. The molecule has 0 radical (unpaired) electrons. The number of benzene rings is 2. The van der Waals surface area contributed by atoms with Crippen LogP contribution in [0.15, 0.2) is 24.3 Å². The SMILES string of the molecule is Cc1cc(C(C)(C)C)c(O)c(C)c1-c1c(C(=O)O)cccc1C(=O)O. The van der Waals surface area contributed by atoms with Crippen molar-refractivity contribution in [2.24, 2.45) is 0 Å². The topological polar surface area (TPSA) is 94.8 Å². The first kappa shape index (κ1) is 18.5. The van der Waals surface area contributed by atoms with Crippen LogP contribution in [0.25, 0.3) is 11.1 Å². The van der Waals surface area contributed by atoms with Crippen LogP contribution in [0.4, 0.5) is 0 Å². The Labute approximate surface area is 146 Å². The van der Waals surface area contributed by atoms with Gasteiger partial charge in [0.05, 0.1) is 11.1 Å². The lowest BCUT2D eigenvalue weighted by atomic mass is 9.80. The maximum absolute atomic E-state index is 11.6. The molecule has 0 saturated heterocycles. The monoisotopic (exact) mass is 342 g/mol. The van der Waals surface area contributed by atoms with Gasteiger partial charge in [-0.3, -0.25) is 0 Å². The van der Waals surface area contributed by atoms with Crippen LogP contribution in [0.2, 0.25) is 0 Å². The van der Waals surface area contributed by atoms with E-state index in [0.717, 1.165) is 11.1 Å². The van der Waals surface area contributed by atoms with Crippen molar-refractivity contribution in [2.45, 2.75) is 40.0 Å². The van der Waals surface area contributed by atoms with Crippen molar-refractivity contribution in [3.05, 3.63) is 52.1 Å². The number of hydrogen-bond donors (Lipinski definition) is 3. The molecular weight excluding hydrogens is 320 g/mol. The van der Waals surface area contributed by atoms with E-state index in [1.807, 2.05) is 20.8 Å². The Morgan fingerprint density at radius 1 is 0.920 bits per heavy atom. The van der Waals surface area contributed by atoms with E-state index in [4.69, 9.17) is 0 Å². The summed E-state index contributed by atoms with van der Waals surface area (Å²) in [6.45, 7) is 9.37. The number of aromatic carboxylic acids is 2. The smallest absolute Gasteiger partial charge is 0.336 e. The van der Waals surface area contributed by atoms with Gasteiger partial charge >= 0.3 is 11.9 Å². The summed E-state index contributed by atoms with van der Waals surface area (Å²) in [4.78, 5) is 23.3. The highest BCUT2D eigenvalue weighted by atomic mass is 16.4. The third kappa shape index (κ3) is 3.22. The van der Waals surface area contributed by atoms with Crippen LogP contribution in [-0.2, 0) is 5.41 Å². The van der Waals surface area contributed by atoms with Gasteiger partial charge in [-0.05, 0) is 53.6 Å². The van der Waals surface area contributed by atoms with Crippen molar-refractivity contribution in [2.75, 3.05) is 0 Å². The lowest BCUT2D eigenvalue weighted by Crippen LogP contribution is -2.14. The molecule has 0 aliphatic rings. The van der Waals surface area contributed by atoms with E-state index < -0.39 is 11.9 Å². The first-order valence-electron chi connectivity index (χ1n) is 7.90. The van der Waals surface area contributed by atoms with Gasteiger partial charge in [0.1, 0.15) is 5.75 Å². The molecule has 132 valence electrons. The maximum atomic E-state index is 11.6. The minimum Gasteiger partial charge on any atom is -0.507 e. The van der Waals surface area contributed by atoms with Gasteiger partial charge in [0.15, 0.2) is 0 Å². The van der Waals surface area contributed by atoms with Gasteiger partial charge in [-0.25, -0.2) is 9.59 Å². The molecule has 25 heavy (non-hydrogen) atoms. The van der Waals surface area contributed by atoms with Gasteiger partial charge in [0, 0.05) is 5.56 Å². The molecule has 3 N–H and O–H groups in total. The zero-order valence-corrected chi connectivity index (χ0v) is 15.0. The summed E-state index contributed by atoms with van der Waals surface area (Å²) in [6, 6.07) is 5.95. The van der Waals surface area contributed by atoms with Crippen LogP contribution < -0.4 is 0 Å². The molecule has 5 nitrogen and oxygen atoms in total. The van der Waals surface area contributed by atoms with Gasteiger partial charge < -0.3 is 15.3 Å². The Kier molecular flexibility index (Phi) is 4.62. The van der Waals surface area contributed by atoms with E-state index in [-0.39, 0.29) is 27.9 Å². The summed E-state index contributed by atoms with van der Waals surface area (Å²) < 4.78 is 0. The molecule has 0 amide bonds. The highest BCUT2D eigenvalue weighted by Gasteiger charge is 2.27. The van der Waals surface area contributed by atoms with Crippen LogP contribution in [0.3, 0.4) is 0 Å². The highest BCUT2D eigenvalue weighted by molar-refractivity contribution is 6.06. The average Bonchev–Trinajstić information content (AvgIpc) is 2.49. The molecule has 0 atom stereocenters. The molecule has 0 aliphatic heterocycles. The van der Waals surface area contributed by atoms with Crippen molar-refractivity contribution >= 4 is 11.9 Å². The van der Waals surface area contributed by atoms with Gasteiger partial charge in [-0.1, -0.05) is 32.9 Å². The number of carboxylic acids is 2. The van der Waals surface area contributed by atoms with Crippen LogP contribution in [-0.4, -0.2) is 27.3 Å². The standard InChI is InChI=1S/C20H22O5/c1-10-9-14(20(3,4)5)17(21)11(2)15(10)16-12(18(22)23)7-6-8-13(16)19(24)25/h6-9,21H,1-5H3,(H,22,23)(H,24,25). The van der Waals surface area contributed by atoms with Crippen molar-refractivity contribution in [1.29, 1.82) is 0 Å². The Bertz CT molecular complexity index is 840. The Balaban J connectivity index is 2.96. The van der Waals surface area contributed by atoms with Crippen LogP contribution in [0.5, 0.6) is 5.75 Å². The molecule has 0 heterocycles. The van der Waals surface area contributed by atoms with E-state index in [2.05, 4.69) is 0 Å². The van der Waals surface area contributed by atoms with Gasteiger partial charge in [-0.2, -0.15) is 0 Å². The van der Waals surface area contributed by atoms with Crippen molar-refractivity contribution in [3.63, 3.8) is 0 Å². The number of phenols is 1. The second kappa shape index (κ2) is 6.24. The molecule has 0 aliphatic carbocycles. The molecular formula is C20H22O5. The fourth-order valence-electron chi connectivity index (χ4n) is 3.11. The second-order valence-electron chi connectivity index (χ2n) is 7.18. The Hall–Kier alpha value is -2.82. The van der Waals surface area contributed by atoms with E-state index in [1.165, 1.54) is 18.2 Å². The zero-order valence-electron chi connectivity index (χ0n) is 15.0. The predicted octanol–water partition coefficient (Wildman–Crippen LogP) is 4.37. The fourth-order valence-corrected chi connectivity index (χ4v) is 3.11. The molecule has 0 spiro atoms. The number of rotatable bonds is 3. The number of hydrogen-bond acceptors (Lipinski definition) is 3. The summed E-state index contributed by atoms with van der Waals surface area (Å²) >= 11 is 0. The maximum Gasteiger partial charge on any atom is 0.336 e. The number of aryl methyl sites for hydroxylation is 1. The number of carboxylic acid groups (broad SMARTS) is 2. The number of phenolic OH excluding ortho intramolecular Hbond substituents is 1. The second-order valence-corrected chi connectivity index (χ2v) is 7.18. The summed E-state index contributed by atoms with van der Waals surface area (Å²) in [7, 11) is 0. The molecule has 0 unspecified atom stereocenters. The van der Waals surface area contributed by atoms with Gasteiger partial charge in [0.25, 0.3) is 0 Å². The summed E-state index contributed by atoms with van der Waals surface area (Å²) in [5.74, 6) is -2.36. The van der Waals surface area contributed by atoms with E-state index in [1.54, 1.807) is 19.9 Å². The number of aromatic hydroxyl groups is 1.